The highest BCUT2D eigenvalue weighted by Crippen LogP contribution is 2.13. The number of nitrogens with one attached hydrogen (secondary N) is 2. The van der Waals surface area contributed by atoms with Crippen molar-refractivity contribution in [3.05, 3.63) is 82.8 Å². The second-order valence-corrected chi connectivity index (χ2v) is 5.62. The number of anilines is 1. The van der Waals surface area contributed by atoms with Crippen molar-refractivity contribution in [2.75, 3.05) is 5.32 Å². The van der Waals surface area contributed by atoms with Gasteiger partial charge in [-0.1, -0.05) is 24.3 Å². The topological polar surface area (TPSA) is 138 Å². The molecule has 0 spiro atoms. The van der Waals surface area contributed by atoms with Crippen LogP contribution in [-0.4, -0.2) is 33.1 Å². The molecule has 8 nitrogen and oxygen atoms in total. The number of carboxylic acids is 1. The number of aromatic carboxylic acids is 1. The van der Waals surface area contributed by atoms with E-state index >= 15 is 0 Å². The Morgan fingerprint density at radius 3 is 2.32 bits per heavy atom. The van der Waals surface area contributed by atoms with Crippen molar-refractivity contribution in [1.82, 2.24) is 10.2 Å². The smallest absolute Gasteiger partial charge is 0.353 e. The summed E-state index contributed by atoms with van der Waals surface area (Å²) in [6, 6.07) is 13.8. The van der Waals surface area contributed by atoms with Gasteiger partial charge in [0.2, 0.25) is 5.91 Å². The molecule has 0 bridgehead atoms. The van der Waals surface area contributed by atoms with E-state index < -0.39 is 17.7 Å². The summed E-state index contributed by atoms with van der Waals surface area (Å²) in [4.78, 5) is 32.9. The second kappa shape index (κ2) is 9.08. The number of hydrogen-bond donors (Lipinski definition) is 4. The van der Waals surface area contributed by atoms with Crippen LogP contribution in [0.3, 0.4) is 0 Å². The number of nitrogens with zero attached hydrogens (tertiary/aromatic N) is 1. The fourth-order valence-corrected chi connectivity index (χ4v) is 2.12. The Hall–Kier alpha value is -4.01. The van der Waals surface area contributed by atoms with Crippen molar-refractivity contribution >= 4 is 23.6 Å². The highest BCUT2D eigenvalue weighted by molar-refractivity contribution is 6.05. The number of carbonyl (C=O) groups is 3. The van der Waals surface area contributed by atoms with Gasteiger partial charge in [-0.25, -0.2) is 9.18 Å². The molecule has 144 valence electrons. The van der Waals surface area contributed by atoms with Crippen LogP contribution in [0.2, 0.25) is 0 Å². The number of H-pyrrole nitrogens is 1. The van der Waals surface area contributed by atoms with Crippen molar-refractivity contribution in [1.29, 1.82) is 0 Å². The zero-order valence-corrected chi connectivity index (χ0v) is 14.8. The van der Waals surface area contributed by atoms with Gasteiger partial charge in [0.1, 0.15) is 11.5 Å². The van der Waals surface area contributed by atoms with Crippen molar-refractivity contribution in [3.8, 4) is 0 Å². The van der Waals surface area contributed by atoms with E-state index in [1.165, 1.54) is 18.2 Å². The Kier molecular flexibility index (Phi) is 6.58. The first-order valence-corrected chi connectivity index (χ1v) is 7.99. The molecule has 2 amide bonds. The van der Waals surface area contributed by atoms with Crippen molar-refractivity contribution in [2.45, 2.75) is 6.92 Å². The van der Waals surface area contributed by atoms with Crippen LogP contribution in [-0.2, 0) is 0 Å². The van der Waals surface area contributed by atoms with Crippen LogP contribution in [0.5, 0.6) is 0 Å². The summed E-state index contributed by atoms with van der Waals surface area (Å²) in [5.74, 6) is -2.58. The van der Waals surface area contributed by atoms with Crippen LogP contribution in [0.4, 0.5) is 10.2 Å². The molecule has 3 rings (SSSR count). The van der Waals surface area contributed by atoms with Crippen LogP contribution in [0.15, 0.2) is 54.6 Å². The van der Waals surface area contributed by atoms with Crippen molar-refractivity contribution < 1.29 is 23.9 Å². The number of primary amides is 1. The molecule has 1 aromatic heterocycles. The lowest BCUT2D eigenvalue weighted by atomic mass is 10.1. The highest BCUT2D eigenvalue weighted by Gasteiger charge is 2.13. The van der Waals surface area contributed by atoms with Gasteiger partial charge in [0, 0.05) is 17.2 Å². The first-order valence-electron chi connectivity index (χ1n) is 7.99. The molecule has 0 aliphatic carbocycles. The normalized spacial score (nSPS) is 9.79. The van der Waals surface area contributed by atoms with E-state index in [0.717, 1.165) is 6.07 Å². The van der Waals surface area contributed by atoms with E-state index in [1.807, 2.05) is 6.07 Å². The number of halogens is 1. The lowest BCUT2D eigenvalue weighted by molar-refractivity contribution is 0.0690. The van der Waals surface area contributed by atoms with Gasteiger partial charge in [0.05, 0.1) is 0 Å². The van der Waals surface area contributed by atoms with Gasteiger partial charge >= 0.3 is 5.97 Å². The Morgan fingerprint density at radius 1 is 1.11 bits per heavy atom. The van der Waals surface area contributed by atoms with Gasteiger partial charge in [-0.05, 0) is 36.8 Å². The van der Waals surface area contributed by atoms with Crippen LogP contribution < -0.4 is 11.1 Å². The van der Waals surface area contributed by atoms with Gasteiger partial charge in [-0.2, -0.15) is 5.10 Å². The molecule has 1 heterocycles. The summed E-state index contributed by atoms with van der Waals surface area (Å²) < 4.78 is 13.1. The lowest BCUT2D eigenvalue weighted by Crippen LogP contribution is -2.14. The first-order chi connectivity index (χ1) is 13.3. The molecule has 9 heteroatoms. The number of carboxylic acid groups (broad SMARTS) is 1. The molecule has 0 saturated heterocycles. The number of amides is 2. The predicted molar refractivity (Wildman–Crippen MR) is 99.6 cm³/mol. The molecule has 0 aliphatic rings. The minimum absolute atomic E-state index is 0.0612. The van der Waals surface area contributed by atoms with Crippen molar-refractivity contribution in [3.63, 3.8) is 0 Å². The molecular weight excluding hydrogens is 367 g/mol. The molecule has 0 fully saturated rings. The van der Waals surface area contributed by atoms with Crippen LogP contribution >= 0.6 is 0 Å². The van der Waals surface area contributed by atoms with Gasteiger partial charge in [-0.15, -0.1) is 0 Å². The summed E-state index contributed by atoms with van der Waals surface area (Å²) in [6.45, 7) is 1.67. The van der Waals surface area contributed by atoms with E-state index in [1.54, 1.807) is 31.2 Å². The molecule has 3 aromatic rings. The number of aromatic nitrogens is 2. The molecule has 2 aromatic carbocycles. The van der Waals surface area contributed by atoms with E-state index in [-0.39, 0.29) is 23.0 Å². The summed E-state index contributed by atoms with van der Waals surface area (Å²) in [6.07, 6.45) is 0. The monoisotopic (exact) mass is 384 g/mol. The number of benzene rings is 2. The molecule has 28 heavy (non-hydrogen) atoms. The third-order valence-corrected chi connectivity index (χ3v) is 3.55. The van der Waals surface area contributed by atoms with E-state index in [9.17, 15) is 18.8 Å². The maximum Gasteiger partial charge on any atom is 0.353 e. The lowest BCUT2D eigenvalue weighted by Gasteiger charge is -2.05. The molecular formula is C19H17FN4O4. The maximum absolute atomic E-state index is 13.1. The molecule has 5 N–H and O–H groups in total. The van der Waals surface area contributed by atoms with Crippen LogP contribution in [0.1, 0.15) is 36.8 Å². The third kappa shape index (κ3) is 5.49. The number of aromatic amines is 1. The van der Waals surface area contributed by atoms with Gasteiger partial charge in [0.15, 0.2) is 5.82 Å². The minimum Gasteiger partial charge on any atom is -0.477 e. The minimum atomic E-state index is -1.19. The number of aryl methyl sites for hydroxylation is 1. The molecule has 0 atom stereocenters. The predicted octanol–water partition coefficient (Wildman–Crippen LogP) is 2.59. The zero-order chi connectivity index (χ0) is 20.7. The Bertz CT molecular complexity index is 1000. The van der Waals surface area contributed by atoms with Gasteiger partial charge in [-0.3, -0.25) is 14.7 Å². The fraction of sp³-hybridized carbons (Fsp3) is 0.0526. The molecule has 0 radical (unpaired) electrons. The Labute approximate surface area is 159 Å². The standard InChI is InChI=1S/C12H10FN3O3.C7H7NO/c1-6-2-3-7(13)4-8(6)11(17)14-10-5-9(12(18)19)15-16-10;8-7(9)6-4-2-1-3-5-6/h2-5H,1H3,(H,18,19)(H2,14,15,16,17);1-5H,(H2,8,9). The third-order valence-electron chi connectivity index (χ3n) is 3.55. The highest BCUT2D eigenvalue weighted by atomic mass is 19.1. The quantitative estimate of drug-likeness (QED) is 0.548. The maximum atomic E-state index is 13.1. The summed E-state index contributed by atoms with van der Waals surface area (Å²) in [5.41, 5.74) is 6.15. The largest absolute Gasteiger partial charge is 0.477 e. The van der Waals surface area contributed by atoms with Crippen molar-refractivity contribution in [2.24, 2.45) is 5.73 Å². The van der Waals surface area contributed by atoms with E-state index in [0.29, 0.717) is 11.1 Å². The second-order valence-electron chi connectivity index (χ2n) is 5.62. The summed E-state index contributed by atoms with van der Waals surface area (Å²) in [5, 5.41) is 17.0. The van der Waals surface area contributed by atoms with Gasteiger partial charge in [0.25, 0.3) is 5.91 Å². The van der Waals surface area contributed by atoms with Gasteiger partial charge < -0.3 is 16.2 Å². The zero-order valence-electron chi connectivity index (χ0n) is 14.8. The summed E-state index contributed by atoms with van der Waals surface area (Å²) >= 11 is 0. The van der Waals surface area contributed by atoms with Crippen LogP contribution in [0.25, 0.3) is 0 Å². The number of carbonyl (C=O) groups excluding carboxylic acids is 2. The summed E-state index contributed by atoms with van der Waals surface area (Å²) in [7, 11) is 0. The molecule has 0 unspecified atom stereocenters. The Balaban J connectivity index is 0.000000261. The molecule has 0 aliphatic heterocycles. The fourth-order valence-electron chi connectivity index (χ4n) is 2.12. The number of hydrogen-bond acceptors (Lipinski definition) is 4. The van der Waals surface area contributed by atoms with E-state index in [4.69, 9.17) is 10.8 Å². The average Bonchev–Trinajstić information content (AvgIpc) is 3.13. The van der Waals surface area contributed by atoms with Crippen LogP contribution in [0, 0.1) is 12.7 Å². The Morgan fingerprint density at radius 2 is 1.79 bits per heavy atom. The SMILES string of the molecule is Cc1ccc(F)cc1C(=O)Nc1cc(C(=O)O)[nH]n1.NC(=O)c1ccccc1. The first kappa shape index (κ1) is 20.3. The number of rotatable bonds is 4. The average molecular weight is 384 g/mol. The number of nitrogens with two attached hydrogens (primary N) is 1. The van der Waals surface area contributed by atoms with E-state index in [2.05, 4.69) is 15.5 Å². The molecule has 0 saturated carbocycles.